The van der Waals surface area contributed by atoms with Crippen LogP contribution in [0.3, 0.4) is 0 Å². The lowest BCUT2D eigenvalue weighted by Crippen LogP contribution is -2.30. The van der Waals surface area contributed by atoms with Crippen LogP contribution >= 0.6 is 0 Å². The summed E-state index contributed by atoms with van der Waals surface area (Å²) in [6, 6.07) is 4.15. The summed E-state index contributed by atoms with van der Waals surface area (Å²) >= 11 is 0. The first-order valence-electron chi connectivity index (χ1n) is 5.41. The van der Waals surface area contributed by atoms with Crippen molar-refractivity contribution in [2.45, 2.75) is 20.0 Å². The Bertz CT molecular complexity index is 458. The standard InChI is InChI=1S/C12H15NO5/c1-3-17-10-6-8(12(15)16)4-5-9(10)18-7(2)11(13)14/h4-7H,3H2,1-2H3,(H2,13,14)(H,15,16). The molecule has 0 saturated carbocycles. The average molecular weight is 253 g/mol. The van der Waals surface area contributed by atoms with Crippen LogP contribution in [0.15, 0.2) is 18.2 Å². The van der Waals surface area contributed by atoms with Crippen molar-refractivity contribution >= 4 is 11.9 Å². The van der Waals surface area contributed by atoms with Gasteiger partial charge in [-0.2, -0.15) is 0 Å². The van der Waals surface area contributed by atoms with Gasteiger partial charge in [-0.15, -0.1) is 0 Å². The highest BCUT2D eigenvalue weighted by Gasteiger charge is 2.15. The molecule has 0 heterocycles. The van der Waals surface area contributed by atoms with Crippen LogP contribution < -0.4 is 15.2 Å². The Morgan fingerprint density at radius 1 is 1.39 bits per heavy atom. The Morgan fingerprint density at radius 3 is 2.56 bits per heavy atom. The van der Waals surface area contributed by atoms with Crippen LogP contribution in [0.25, 0.3) is 0 Å². The molecule has 1 rings (SSSR count). The second-order valence-electron chi connectivity index (χ2n) is 3.56. The maximum Gasteiger partial charge on any atom is 0.335 e. The molecule has 1 aromatic carbocycles. The summed E-state index contributed by atoms with van der Waals surface area (Å²) in [5, 5.41) is 8.87. The average Bonchev–Trinajstić information content (AvgIpc) is 2.31. The van der Waals surface area contributed by atoms with Gasteiger partial charge in [-0.05, 0) is 32.0 Å². The Hall–Kier alpha value is -2.24. The summed E-state index contributed by atoms with van der Waals surface area (Å²) in [7, 11) is 0. The highest BCUT2D eigenvalue weighted by Crippen LogP contribution is 2.29. The third-order valence-corrected chi connectivity index (χ3v) is 2.19. The van der Waals surface area contributed by atoms with Gasteiger partial charge >= 0.3 is 5.97 Å². The van der Waals surface area contributed by atoms with Crippen molar-refractivity contribution in [2.75, 3.05) is 6.61 Å². The van der Waals surface area contributed by atoms with Crippen LogP contribution in [0.4, 0.5) is 0 Å². The van der Waals surface area contributed by atoms with E-state index in [1.54, 1.807) is 6.92 Å². The van der Waals surface area contributed by atoms with E-state index in [0.717, 1.165) is 0 Å². The first-order valence-corrected chi connectivity index (χ1v) is 5.41. The SMILES string of the molecule is CCOc1cc(C(=O)O)ccc1OC(C)C(N)=O. The van der Waals surface area contributed by atoms with Gasteiger partial charge in [0.1, 0.15) is 0 Å². The Labute approximate surface area is 104 Å². The van der Waals surface area contributed by atoms with Crippen LogP contribution in [-0.4, -0.2) is 29.7 Å². The molecule has 18 heavy (non-hydrogen) atoms. The summed E-state index contributed by atoms with van der Waals surface area (Å²) in [4.78, 5) is 21.7. The summed E-state index contributed by atoms with van der Waals surface area (Å²) in [6.45, 7) is 3.61. The number of benzene rings is 1. The zero-order valence-electron chi connectivity index (χ0n) is 10.2. The van der Waals surface area contributed by atoms with Gasteiger partial charge in [-0.25, -0.2) is 4.79 Å². The first kappa shape index (κ1) is 13.8. The molecule has 0 fully saturated rings. The third kappa shape index (κ3) is 3.38. The van der Waals surface area contributed by atoms with E-state index in [1.165, 1.54) is 25.1 Å². The van der Waals surface area contributed by atoms with E-state index in [1.807, 2.05) is 0 Å². The van der Waals surface area contributed by atoms with E-state index in [0.29, 0.717) is 6.61 Å². The van der Waals surface area contributed by atoms with Crippen LogP contribution in [0, 0.1) is 0 Å². The fourth-order valence-corrected chi connectivity index (χ4v) is 1.26. The van der Waals surface area contributed by atoms with Crippen molar-refractivity contribution in [3.8, 4) is 11.5 Å². The van der Waals surface area contributed by atoms with Gasteiger partial charge in [0.2, 0.25) is 0 Å². The third-order valence-electron chi connectivity index (χ3n) is 2.19. The lowest BCUT2D eigenvalue weighted by atomic mass is 10.2. The van der Waals surface area contributed by atoms with Gasteiger partial charge in [0.05, 0.1) is 12.2 Å². The molecule has 3 N–H and O–H groups in total. The minimum Gasteiger partial charge on any atom is -0.490 e. The summed E-state index contributed by atoms with van der Waals surface area (Å²) in [6.07, 6.45) is -0.820. The maximum absolute atomic E-state index is 10.9. The number of rotatable bonds is 6. The minimum atomic E-state index is -1.06. The van der Waals surface area contributed by atoms with Crippen LogP contribution in [-0.2, 0) is 4.79 Å². The van der Waals surface area contributed by atoms with Gasteiger partial charge in [0.25, 0.3) is 5.91 Å². The number of carbonyl (C=O) groups is 2. The highest BCUT2D eigenvalue weighted by atomic mass is 16.5. The van der Waals surface area contributed by atoms with Crippen LogP contribution in [0.2, 0.25) is 0 Å². The number of ether oxygens (including phenoxy) is 2. The zero-order valence-corrected chi connectivity index (χ0v) is 10.2. The van der Waals surface area contributed by atoms with E-state index in [2.05, 4.69) is 0 Å². The van der Waals surface area contributed by atoms with Gasteiger partial charge in [-0.1, -0.05) is 0 Å². The Balaban J connectivity index is 3.03. The fraction of sp³-hybridized carbons (Fsp3) is 0.333. The summed E-state index contributed by atoms with van der Waals surface area (Å²) in [5.74, 6) is -1.12. The Morgan fingerprint density at radius 2 is 2.06 bits per heavy atom. The number of amides is 1. The van der Waals surface area contributed by atoms with Gasteiger partial charge in [0, 0.05) is 0 Å². The van der Waals surface area contributed by atoms with Gasteiger partial charge in [-0.3, -0.25) is 4.79 Å². The first-order chi connectivity index (χ1) is 8.45. The van der Waals surface area contributed by atoms with E-state index in [9.17, 15) is 9.59 Å². The van der Waals surface area contributed by atoms with E-state index in [-0.39, 0.29) is 17.1 Å². The molecule has 0 aliphatic heterocycles. The summed E-state index contributed by atoms with van der Waals surface area (Å²) in [5.41, 5.74) is 5.17. The van der Waals surface area contributed by atoms with Crippen molar-refractivity contribution in [1.82, 2.24) is 0 Å². The van der Waals surface area contributed by atoms with Crippen molar-refractivity contribution in [1.29, 1.82) is 0 Å². The highest BCUT2D eigenvalue weighted by molar-refractivity contribution is 5.88. The molecule has 1 amide bonds. The number of carboxylic acids is 1. The fourth-order valence-electron chi connectivity index (χ4n) is 1.26. The predicted octanol–water partition coefficient (Wildman–Crippen LogP) is 1.04. The second-order valence-corrected chi connectivity index (χ2v) is 3.56. The monoisotopic (exact) mass is 253 g/mol. The molecule has 6 nitrogen and oxygen atoms in total. The molecule has 1 unspecified atom stereocenters. The predicted molar refractivity (Wildman–Crippen MR) is 63.9 cm³/mol. The Kier molecular flexibility index (Phi) is 4.53. The molecule has 0 aliphatic carbocycles. The van der Waals surface area contributed by atoms with E-state index in [4.69, 9.17) is 20.3 Å². The smallest absolute Gasteiger partial charge is 0.335 e. The zero-order chi connectivity index (χ0) is 13.7. The number of aromatic carboxylic acids is 1. The van der Waals surface area contributed by atoms with Crippen molar-refractivity contribution in [3.05, 3.63) is 23.8 Å². The van der Waals surface area contributed by atoms with E-state index >= 15 is 0 Å². The molecule has 0 spiro atoms. The number of nitrogens with two attached hydrogens (primary N) is 1. The minimum absolute atomic E-state index is 0.0810. The molecule has 0 radical (unpaired) electrons. The number of carbonyl (C=O) groups excluding carboxylic acids is 1. The molecule has 0 aliphatic rings. The largest absolute Gasteiger partial charge is 0.490 e. The number of hydrogen-bond acceptors (Lipinski definition) is 4. The molecule has 0 saturated heterocycles. The molecule has 0 aromatic heterocycles. The van der Waals surface area contributed by atoms with Gasteiger partial charge in [0.15, 0.2) is 17.6 Å². The van der Waals surface area contributed by atoms with Gasteiger partial charge < -0.3 is 20.3 Å². The van der Waals surface area contributed by atoms with Crippen LogP contribution in [0.1, 0.15) is 24.2 Å². The molecular weight excluding hydrogens is 238 g/mol. The lowest BCUT2D eigenvalue weighted by Gasteiger charge is -2.15. The number of primary amides is 1. The maximum atomic E-state index is 10.9. The number of hydrogen-bond donors (Lipinski definition) is 2. The molecule has 6 heteroatoms. The molecule has 1 atom stereocenters. The number of carboxylic acid groups (broad SMARTS) is 1. The topological polar surface area (TPSA) is 98.8 Å². The molecule has 98 valence electrons. The van der Waals surface area contributed by atoms with Crippen molar-refractivity contribution in [3.63, 3.8) is 0 Å². The lowest BCUT2D eigenvalue weighted by molar-refractivity contribution is -0.124. The molecular formula is C12H15NO5. The quantitative estimate of drug-likeness (QED) is 0.789. The molecule has 0 bridgehead atoms. The normalized spacial score (nSPS) is 11.7. The van der Waals surface area contributed by atoms with E-state index < -0.39 is 18.0 Å². The summed E-state index contributed by atoms with van der Waals surface area (Å²) < 4.78 is 10.6. The second kappa shape index (κ2) is 5.90. The van der Waals surface area contributed by atoms with Crippen molar-refractivity contribution in [2.24, 2.45) is 5.73 Å². The van der Waals surface area contributed by atoms with Crippen molar-refractivity contribution < 1.29 is 24.2 Å². The molecule has 1 aromatic rings. The van der Waals surface area contributed by atoms with Crippen LogP contribution in [0.5, 0.6) is 11.5 Å².